The molecule has 0 saturated heterocycles. The van der Waals surface area contributed by atoms with Gasteiger partial charge in [-0.2, -0.15) is 9.30 Å². The Balaban J connectivity index is 2.94. The maximum atomic E-state index is 5.69. The molecule has 1 aromatic carbocycles. The highest BCUT2D eigenvalue weighted by Gasteiger charge is 2.01. The Kier molecular flexibility index (Phi) is 1.26. The van der Waals surface area contributed by atoms with E-state index in [0.717, 1.165) is 10.9 Å². The van der Waals surface area contributed by atoms with Crippen LogP contribution in [-0.2, 0) is 0 Å². The van der Waals surface area contributed by atoms with Crippen LogP contribution in [0.15, 0.2) is 24.4 Å². The second kappa shape index (κ2) is 2.13. The van der Waals surface area contributed by atoms with E-state index in [0.29, 0.717) is 5.69 Å². The molecule has 0 aliphatic rings. The number of hydrogen-bond acceptors (Lipinski definition) is 2. The molecule has 0 fully saturated rings. The molecule has 1 aromatic heterocycles. The molecule has 0 bridgehead atoms. The number of benzene rings is 1. The molecule has 0 saturated carbocycles. The molecule has 3 nitrogen and oxygen atoms in total. The van der Waals surface area contributed by atoms with Crippen molar-refractivity contribution < 1.29 is 0 Å². The van der Waals surface area contributed by atoms with Crippen molar-refractivity contribution in [2.24, 2.45) is 0 Å². The molecule has 0 unspecified atom stereocenters. The van der Waals surface area contributed by atoms with E-state index in [1.165, 1.54) is 4.20 Å². The smallest absolute Gasteiger partial charge is 0.0892 e. The van der Waals surface area contributed by atoms with Crippen molar-refractivity contribution in [3.63, 3.8) is 0 Å². The quantitative estimate of drug-likeness (QED) is 0.606. The van der Waals surface area contributed by atoms with Gasteiger partial charge in [0.15, 0.2) is 0 Å². The lowest BCUT2D eigenvalue weighted by Gasteiger charge is -1.93. The minimum absolute atomic E-state index is 0.703. The minimum atomic E-state index is 0.703. The summed E-state index contributed by atoms with van der Waals surface area (Å²) in [5, 5.41) is 4.75. The van der Waals surface area contributed by atoms with Crippen molar-refractivity contribution in [1.82, 2.24) is 9.30 Å². The van der Waals surface area contributed by atoms with Crippen LogP contribution in [0, 0.1) is 0 Å². The van der Waals surface area contributed by atoms with E-state index in [1.807, 2.05) is 18.2 Å². The van der Waals surface area contributed by atoms with Crippen LogP contribution in [0.2, 0.25) is 0 Å². The number of hydrogen-bond donors (Lipinski definition) is 1. The van der Waals surface area contributed by atoms with Crippen LogP contribution in [0.5, 0.6) is 0 Å². The largest absolute Gasteiger partial charge is 0.398 e. The first-order valence-corrected chi connectivity index (χ1v) is 3.51. The Morgan fingerprint density at radius 3 is 3.00 bits per heavy atom. The number of nitrogen functional groups attached to an aromatic ring is 1. The fourth-order valence-corrected chi connectivity index (χ4v) is 1.23. The van der Waals surface area contributed by atoms with Crippen LogP contribution < -0.4 is 5.73 Å². The van der Waals surface area contributed by atoms with Gasteiger partial charge in [0.1, 0.15) is 0 Å². The first-order valence-electron chi connectivity index (χ1n) is 3.17. The van der Waals surface area contributed by atoms with E-state index in [4.69, 9.17) is 17.5 Å². The zero-order chi connectivity index (χ0) is 7.84. The van der Waals surface area contributed by atoms with Crippen molar-refractivity contribution in [1.29, 1.82) is 0 Å². The molecule has 0 radical (unpaired) electrons. The maximum Gasteiger partial charge on any atom is 0.0892 e. The Morgan fingerprint density at radius 2 is 2.27 bits per heavy atom. The third kappa shape index (κ3) is 0.851. The zero-order valence-electron chi connectivity index (χ0n) is 5.66. The second-order valence-electron chi connectivity index (χ2n) is 2.28. The van der Waals surface area contributed by atoms with Crippen molar-refractivity contribution in [3.8, 4) is 0 Å². The van der Waals surface area contributed by atoms with Gasteiger partial charge in [-0.3, -0.25) is 0 Å². The topological polar surface area (TPSA) is 43.8 Å². The summed E-state index contributed by atoms with van der Waals surface area (Å²) in [6.45, 7) is 0. The number of rotatable bonds is 0. The molecule has 2 N–H and O–H groups in total. The van der Waals surface area contributed by atoms with Gasteiger partial charge >= 0.3 is 0 Å². The van der Waals surface area contributed by atoms with Gasteiger partial charge in [0.05, 0.1) is 11.7 Å². The standard InChI is InChI=1S/C7H6ClN3/c8-11-7-3-1-2-6(9)5(7)4-10-11/h1-4H,9H2. The molecule has 0 spiro atoms. The highest BCUT2D eigenvalue weighted by atomic mass is 35.5. The van der Waals surface area contributed by atoms with Crippen LogP contribution in [0.25, 0.3) is 10.9 Å². The third-order valence-corrected chi connectivity index (χ3v) is 1.87. The van der Waals surface area contributed by atoms with Gasteiger partial charge in [-0.05, 0) is 12.1 Å². The lowest BCUT2D eigenvalue weighted by molar-refractivity contribution is 1.02. The molecule has 11 heavy (non-hydrogen) atoms. The number of fused-ring (bicyclic) bond motifs is 1. The highest BCUT2D eigenvalue weighted by molar-refractivity contribution is 6.18. The number of aromatic nitrogens is 2. The molecule has 1 heterocycles. The lowest BCUT2D eigenvalue weighted by Crippen LogP contribution is -1.85. The van der Waals surface area contributed by atoms with Crippen LogP contribution in [-0.4, -0.2) is 9.30 Å². The summed E-state index contributed by atoms with van der Waals surface area (Å²) in [5.74, 6) is 0. The fraction of sp³-hybridized carbons (Fsp3) is 0. The van der Waals surface area contributed by atoms with Gasteiger partial charge in [-0.15, -0.1) is 0 Å². The zero-order valence-corrected chi connectivity index (χ0v) is 6.42. The van der Waals surface area contributed by atoms with E-state index in [2.05, 4.69) is 5.10 Å². The van der Waals surface area contributed by atoms with E-state index in [-0.39, 0.29) is 0 Å². The lowest BCUT2D eigenvalue weighted by atomic mass is 10.2. The van der Waals surface area contributed by atoms with E-state index in [9.17, 15) is 0 Å². The summed E-state index contributed by atoms with van der Waals surface area (Å²) in [4.78, 5) is 0. The first-order chi connectivity index (χ1) is 5.29. The van der Waals surface area contributed by atoms with Crippen molar-refractivity contribution in [2.75, 3.05) is 5.73 Å². The van der Waals surface area contributed by atoms with Crippen LogP contribution >= 0.6 is 11.8 Å². The molecule has 0 aliphatic carbocycles. The molecule has 56 valence electrons. The summed E-state index contributed by atoms with van der Waals surface area (Å²) in [6.07, 6.45) is 1.65. The molecular formula is C7H6ClN3. The second-order valence-corrected chi connectivity index (χ2v) is 2.60. The van der Waals surface area contributed by atoms with Crippen molar-refractivity contribution in [3.05, 3.63) is 24.4 Å². The minimum Gasteiger partial charge on any atom is -0.398 e. The van der Waals surface area contributed by atoms with Gasteiger partial charge in [-0.25, -0.2) is 0 Å². The van der Waals surface area contributed by atoms with Crippen LogP contribution in [0.3, 0.4) is 0 Å². The summed E-state index contributed by atoms with van der Waals surface area (Å²) in [5.41, 5.74) is 7.20. The van der Waals surface area contributed by atoms with Gasteiger partial charge in [0, 0.05) is 22.9 Å². The normalized spacial score (nSPS) is 10.6. The Morgan fingerprint density at radius 1 is 1.45 bits per heavy atom. The van der Waals surface area contributed by atoms with E-state index < -0.39 is 0 Å². The van der Waals surface area contributed by atoms with Gasteiger partial charge in [-0.1, -0.05) is 6.07 Å². The Hall–Kier alpha value is -1.22. The van der Waals surface area contributed by atoms with Crippen LogP contribution in [0.4, 0.5) is 5.69 Å². The van der Waals surface area contributed by atoms with Crippen LogP contribution in [0.1, 0.15) is 0 Å². The molecule has 2 aromatic rings. The third-order valence-electron chi connectivity index (χ3n) is 1.60. The number of nitrogens with two attached hydrogens (primary N) is 1. The predicted molar refractivity (Wildman–Crippen MR) is 45.4 cm³/mol. The predicted octanol–water partition coefficient (Wildman–Crippen LogP) is 1.62. The molecule has 0 amide bonds. The van der Waals surface area contributed by atoms with Crippen molar-refractivity contribution >= 4 is 28.4 Å². The van der Waals surface area contributed by atoms with Gasteiger partial charge in [0.2, 0.25) is 0 Å². The molecule has 4 heteroatoms. The summed E-state index contributed by atoms with van der Waals surface area (Å²) < 4.78 is 1.28. The molecule has 0 aliphatic heterocycles. The fourth-order valence-electron chi connectivity index (χ4n) is 1.04. The molecular weight excluding hydrogens is 162 g/mol. The number of nitrogens with zero attached hydrogens (tertiary/aromatic N) is 2. The summed E-state index contributed by atoms with van der Waals surface area (Å²) in [7, 11) is 0. The summed E-state index contributed by atoms with van der Waals surface area (Å²) >= 11 is 5.69. The molecule has 0 atom stereocenters. The highest BCUT2D eigenvalue weighted by Crippen LogP contribution is 2.20. The average Bonchev–Trinajstić information content (AvgIpc) is 2.35. The summed E-state index contributed by atoms with van der Waals surface area (Å²) in [6, 6.07) is 5.53. The SMILES string of the molecule is Nc1cccc2c1cnn2Cl. The Bertz CT molecular complexity index is 393. The van der Waals surface area contributed by atoms with E-state index in [1.54, 1.807) is 6.20 Å². The van der Waals surface area contributed by atoms with Gasteiger partial charge < -0.3 is 5.73 Å². The van der Waals surface area contributed by atoms with Gasteiger partial charge in [0.25, 0.3) is 0 Å². The Labute approximate surface area is 68.5 Å². The maximum absolute atomic E-state index is 5.69. The first kappa shape index (κ1) is 6.49. The monoisotopic (exact) mass is 167 g/mol. The number of anilines is 1. The molecule has 2 rings (SSSR count). The average molecular weight is 168 g/mol. The number of halogens is 1. The van der Waals surface area contributed by atoms with Crippen molar-refractivity contribution in [2.45, 2.75) is 0 Å². The van der Waals surface area contributed by atoms with E-state index >= 15 is 0 Å².